The van der Waals surface area contributed by atoms with Gasteiger partial charge in [0.15, 0.2) is 0 Å². The quantitative estimate of drug-likeness (QED) is 0.574. The molecule has 4 heteroatoms. The molecule has 0 atom stereocenters. The van der Waals surface area contributed by atoms with Gasteiger partial charge in [-0.3, -0.25) is 0 Å². The van der Waals surface area contributed by atoms with Crippen molar-refractivity contribution in [3.63, 3.8) is 0 Å². The Morgan fingerprint density at radius 2 is 2.20 bits per heavy atom. The largest absolute Gasteiger partial charge is 0.384 e. The molecule has 0 spiro atoms. The monoisotopic (exact) mass is 212 g/mol. The molecule has 0 aliphatic heterocycles. The number of nitrogens with zero attached hydrogens (tertiary/aromatic N) is 1. The Morgan fingerprint density at radius 1 is 1.53 bits per heavy atom. The Balaban J connectivity index is 2.54. The number of carbonyl (C=O) groups is 1. The lowest BCUT2D eigenvalue weighted by Gasteiger charge is -2.31. The van der Waals surface area contributed by atoms with Crippen LogP contribution >= 0.6 is 0 Å². The molecule has 4 nitrogen and oxygen atoms in total. The van der Waals surface area contributed by atoms with Gasteiger partial charge in [0.25, 0.3) is 0 Å². The van der Waals surface area contributed by atoms with Crippen LogP contribution in [0.15, 0.2) is 12.8 Å². The number of hydrogen-bond acceptors (Lipinski definition) is 2. The summed E-state index contributed by atoms with van der Waals surface area (Å²) in [5.74, 6) is 0. The summed E-state index contributed by atoms with van der Waals surface area (Å²) in [5, 5.41) is 4.17. The molecule has 0 bridgehead atoms. The highest BCUT2D eigenvalue weighted by Crippen LogP contribution is 2.22. The Bertz CT molecular complexity index is 213. The van der Waals surface area contributed by atoms with Crippen molar-refractivity contribution < 1.29 is 9.63 Å². The van der Waals surface area contributed by atoms with Gasteiger partial charge in [-0.05, 0) is 19.8 Å². The molecular weight excluding hydrogens is 192 g/mol. The molecule has 1 N–H and O–H groups in total. The highest BCUT2D eigenvalue weighted by atomic mass is 16.7. The lowest BCUT2D eigenvalue weighted by molar-refractivity contribution is -0.0976. The fraction of sp³-hybridized carbons (Fsp3) is 0.727. The van der Waals surface area contributed by atoms with Crippen LogP contribution in [-0.4, -0.2) is 23.7 Å². The SMILES string of the molecule is C=CON(C(=O)NCC)C1CCCCC1. The van der Waals surface area contributed by atoms with E-state index in [9.17, 15) is 4.79 Å². The minimum absolute atomic E-state index is 0.163. The maximum atomic E-state index is 11.7. The van der Waals surface area contributed by atoms with Gasteiger partial charge in [-0.25, -0.2) is 4.79 Å². The second-order valence-electron chi connectivity index (χ2n) is 3.73. The number of carbonyl (C=O) groups excluding carboxylic acids is 1. The third-order valence-electron chi connectivity index (χ3n) is 2.62. The van der Waals surface area contributed by atoms with E-state index in [1.807, 2.05) is 6.92 Å². The average Bonchev–Trinajstić information content (AvgIpc) is 2.27. The average molecular weight is 212 g/mol. The number of amides is 2. The number of hydrogen-bond donors (Lipinski definition) is 1. The maximum Gasteiger partial charge on any atom is 0.350 e. The highest BCUT2D eigenvalue weighted by molar-refractivity contribution is 5.73. The van der Waals surface area contributed by atoms with Crippen molar-refractivity contribution in [2.24, 2.45) is 0 Å². The molecule has 86 valence electrons. The van der Waals surface area contributed by atoms with Crippen molar-refractivity contribution in [1.29, 1.82) is 0 Å². The van der Waals surface area contributed by atoms with Crippen molar-refractivity contribution in [3.05, 3.63) is 12.8 Å². The first-order chi connectivity index (χ1) is 7.29. The zero-order valence-electron chi connectivity index (χ0n) is 9.37. The maximum absolute atomic E-state index is 11.7. The van der Waals surface area contributed by atoms with Crippen LogP contribution in [0, 0.1) is 0 Å². The van der Waals surface area contributed by atoms with Gasteiger partial charge in [-0.1, -0.05) is 25.8 Å². The van der Waals surface area contributed by atoms with Gasteiger partial charge in [0.2, 0.25) is 0 Å². The van der Waals surface area contributed by atoms with E-state index in [-0.39, 0.29) is 12.1 Å². The summed E-state index contributed by atoms with van der Waals surface area (Å²) in [6.07, 6.45) is 6.94. The summed E-state index contributed by atoms with van der Waals surface area (Å²) in [5.41, 5.74) is 0. The van der Waals surface area contributed by atoms with E-state index in [1.165, 1.54) is 30.6 Å². The molecule has 0 radical (unpaired) electrons. The summed E-state index contributed by atoms with van der Waals surface area (Å²) >= 11 is 0. The van der Waals surface area contributed by atoms with E-state index in [4.69, 9.17) is 4.84 Å². The van der Waals surface area contributed by atoms with Gasteiger partial charge in [0.05, 0.1) is 6.04 Å². The van der Waals surface area contributed by atoms with Gasteiger partial charge in [0.1, 0.15) is 6.26 Å². The molecule has 1 saturated carbocycles. The van der Waals surface area contributed by atoms with Crippen LogP contribution in [0.2, 0.25) is 0 Å². The molecule has 1 aliphatic carbocycles. The summed E-state index contributed by atoms with van der Waals surface area (Å²) in [4.78, 5) is 16.9. The van der Waals surface area contributed by atoms with Gasteiger partial charge in [-0.2, -0.15) is 5.06 Å². The van der Waals surface area contributed by atoms with E-state index in [2.05, 4.69) is 11.9 Å². The number of rotatable bonds is 4. The van der Waals surface area contributed by atoms with Crippen molar-refractivity contribution in [2.45, 2.75) is 45.1 Å². The number of nitrogens with one attached hydrogen (secondary N) is 1. The third kappa shape index (κ3) is 3.46. The summed E-state index contributed by atoms with van der Waals surface area (Å²) in [7, 11) is 0. The molecule has 0 aromatic carbocycles. The van der Waals surface area contributed by atoms with E-state index in [0.29, 0.717) is 6.54 Å². The number of urea groups is 1. The molecule has 0 aromatic rings. The molecule has 1 fully saturated rings. The molecule has 0 unspecified atom stereocenters. The molecule has 1 rings (SSSR count). The molecule has 0 aromatic heterocycles. The summed E-state index contributed by atoms with van der Waals surface area (Å²) < 4.78 is 0. The van der Waals surface area contributed by atoms with E-state index < -0.39 is 0 Å². The highest BCUT2D eigenvalue weighted by Gasteiger charge is 2.26. The lowest BCUT2D eigenvalue weighted by atomic mass is 9.95. The molecule has 15 heavy (non-hydrogen) atoms. The van der Waals surface area contributed by atoms with Crippen LogP contribution in [0.4, 0.5) is 4.79 Å². The Hall–Kier alpha value is -1.19. The number of hydroxylamine groups is 2. The van der Waals surface area contributed by atoms with Crippen molar-refractivity contribution in [1.82, 2.24) is 10.4 Å². The van der Waals surface area contributed by atoms with Gasteiger partial charge in [0, 0.05) is 6.54 Å². The standard InChI is InChI=1S/C11H20N2O2/c1-3-12-11(14)13(15-4-2)10-8-6-5-7-9-10/h4,10H,2-3,5-9H2,1H3,(H,12,14). The van der Waals surface area contributed by atoms with Crippen LogP contribution < -0.4 is 5.32 Å². The van der Waals surface area contributed by atoms with E-state index >= 15 is 0 Å². The van der Waals surface area contributed by atoms with Crippen molar-refractivity contribution in [2.75, 3.05) is 6.54 Å². The van der Waals surface area contributed by atoms with Crippen LogP contribution in [0.5, 0.6) is 0 Å². The first-order valence-corrected chi connectivity index (χ1v) is 5.64. The molecule has 0 heterocycles. The minimum atomic E-state index is -0.163. The molecule has 2 amide bonds. The van der Waals surface area contributed by atoms with Crippen LogP contribution in [0.3, 0.4) is 0 Å². The van der Waals surface area contributed by atoms with Crippen LogP contribution in [0.25, 0.3) is 0 Å². The fourth-order valence-electron chi connectivity index (χ4n) is 1.92. The Morgan fingerprint density at radius 3 is 2.73 bits per heavy atom. The second kappa shape index (κ2) is 6.32. The minimum Gasteiger partial charge on any atom is -0.384 e. The van der Waals surface area contributed by atoms with Gasteiger partial charge >= 0.3 is 6.03 Å². The summed E-state index contributed by atoms with van der Waals surface area (Å²) in [6, 6.07) is 0.0348. The van der Waals surface area contributed by atoms with Crippen LogP contribution in [0.1, 0.15) is 39.0 Å². The van der Waals surface area contributed by atoms with E-state index in [1.54, 1.807) is 0 Å². The zero-order chi connectivity index (χ0) is 11.1. The Kier molecular flexibility index (Phi) is 5.01. The fourth-order valence-corrected chi connectivity index (χ4v) is 1.92. The molecular formula is C11H20N2O2. The summed E-state index contributed by atoms with van der Waals surface area (Å²) in [6.45, 7) is 6.00. The van der Waals surface area contributed by atoms with Crippen LogP contribution in [-0.2, 0) is 4.84 Å². The molecule has 1 aliphatic rings. The smallest absolute Gasteiger partial charge is 0.350 e. The topological polar surface area (TPSA) is 41.6 Å². The van der Waals surface area contributed by atoms with Gasteiger partial charge < -0.3 is 10.2 Å². The lowest BCUT2D eigenvalue weighted by Crippen LogP contribution is -2.45. The third-order valence-corrected chi connectivity index (χ3v) is 2.62. The molecule has 0 saturated heterocycles. The Labute approximate surface area is 91.2 Å². The van der Waals surface area contributed by atoms with Crippen molar-refractivity contribution in [3.8, 4) is 0 Å². The second-order valence-corrected chi connectivity index (χ2v) is 3.73. The first kappa shape index (κ1) is 11.9. The zero-order valence-corrected chi connectivity index (χ0v) is 9.37. The van der Waals surface area contributed by atoms with E-state index in [0.717, 1.165) is 12.8 Å². The predicted octanol–water partition coefficient (Wildman–Crippen LogP) is 2.43. The normalized spacial score (nSPS) is 16.9. The van der Waals surface area contributed by atoms with Gasteiger partial charge in [-0.15, -0.1) is 0 Å². The van der Waals surface area contributed by atoms with Crippen molar-refractivity contribution >= 4 is 6.03 Å². The first-order valence-electron chi connectivity index (χ1n) is 5.64. The predicted molar refractivity (Wildman–Crippen MR) is 59.1 cm³/mol.